The lowest BCUT2D eigenvalue weighted by atomic mass is 9.68. The van der Waals surface area contributed by atoms with E-state index >= 15 is 0 Å². The zero-order chi connectivity index (χ0) is 19.8. The van der Waals surface area contributed by atoms with Crippen LogP contribution in [-0.2, 0) is 11.2 Å². The second-order valence-electron chi connectivity index (χ2n) is 9.20. The van der Waals surface area contributed by atoms with Gasteiger partial charge in [-0.15, -0.1) is 0 Å². The Hall–Kier alpha value is -1.38. The van der Waals surface area contributed by atoms with Gasteiger partial charge in [0, 0.05) is 12.1 Å². The summed E-state index contributed by atoms with van der Waals surface area (Å²) in [6.45, 7) is 4.13. The van der Waals surface area contributed by atoms with Crippen molar-refractivity contribution in [1.82, 2.24) is 4.98 Å². The number of hydrogen-bond donors (Lipinski definition) is 0. The van der Waals surface area contributed by atoms with Gasteiger partial charge in [0.2, 0.25) is 0 Å². The van der Waals surface area contributed by atoms with Crippen molar-refractivity contribution in [2.45, 2.75) is 97.3 Å². The fourth-order valence-corrected chi connectivity index (χ4v) is 5.48. The molecule has 0 aromatic carbocycles. The Morgan fingerprint density at radius 2 is 1.54 bits per heavy atom. The molecule has 0 radical (unpaired) electrons. The van der Waals surface area contributed by atoms with Crippen LogP contribution in [0.1, 0.15) is 96.6 Å². The van der Waals surface area contributed by atoms with Crippen LogP contribution in [0.3, 0.4) is 0 Å². The fraction of sp³-hybridized carbons (Fsp3) is 0.760. The third-order valence-corrected chi connectivity index (χ3v) is 7.27. The van der Waals surface area contributed by atoms with Crippen LogP contribution in [-0.4, -0.2) is 11.0 Å². The van der Waals surface area contributed by atoms with Crippen LogP contribution in [0.2, 0.25) is 0 Å². The molecule has 1 aromatic rings. The van der Waals surface area contributed by atoms with E-state index < -0.39 is 0 Å². The summed E-state index contributed by atoms with van der Waals surface area (Å²) in [6.07, 6.45) is 18.9. The lowest BCUT2D eigenvalue weighted by molar-refractivity contribution is -0.134. The first-order valence-corrected chi connectivity index (χ1v) is 11.8. The standard InChI is InChI=1S/C25H39NO2/c1-3-5-19-6-11-21(12-7-19)22-13-8-20(9-14-22)10-15-23-16-17-24(18-26-23)28-25(27)4-2/h16-22H,3-15H2,1-2H3/t19-,20?,21-,22?. The molecule has 0 amide bonds. The zero-order valence-corrected chi connectivity index (χ0v) is 18.0. The van der Waals surface area contributed by atoms with Gasteiger partial charge in [-0.1, -0.05) is 52.4 Å². The van der Waals surface area contributed by atoms with Gasteiger partial charge in [0.25, 0.3) is 0 Å². The first kappa shape index (κ1) is 21.3. The number of nitrogens with zero attached hydrogens (tertiary/aromatic N) is 1. The van der Waals surface area contributed by atoms with Gasteiger partial charge in [-0.3, -0.25) is 9.78 Å². The molecule has 0 aliphatic heterocycles. The number of hydrogen-bond acceptors (Lipinski definition) is 3. The predicted octanol–water partition coefficient (Wildman–Crippen LogP) is 6.74. The third kappa shape index (κ3) is 6.32. The minimum atomic E-state index is -0.204. The highest BCUT2D eigenvalue weighted by Gasteiger charge is 2.30. The van der Waals surface area contributed by atoms with Crippen LogP contribution in [0.4, 0.5) is 0 Å². The van der Waals surface area contributed by atoms with E-state index in [2.05, 4.69) is 11.9 Å². The van der Waals surface area contributed by atoms with Crippen LogP contribution in [0, 0.1) is 23.7 Å². The molecule has 0 N–H and O–H groups in total. The molecule has 1 aromatic heterocycles. The van der Waals surface area contributed by atoms with E-state index in [1.165, 1.54) is 70.6 Å². The van der Waals surface area contributed by atoms with Crippen molar-refractivity contribution in [2.24, 2.45) is 23.7 Å². The average Bonchev–Trinajstić information content (AvgIpc) is 2.74. The topological polar surface area (TPSA) is 39.2 Å². The first-order chi connectivity index (χ1) is 13.7. The predicted molar refractivity (Wildman–Crippen MR) is 114 cm³/mol. The van der Waals surface area contributed by atoms with Crippen molar-refractivity contribution >= 4 is 5.97 Å². The zero-order valence-electron chi connectivity index (χ0n) is 18.0. The van der Waals surface area contributed by atoms with E-state index in [1.54, 1.807) is 13.1 Å². The number of ether oxygens (including phenoxy) is 1. The first-order valence-electron chi connectivity index (χ1n) is 11.8. The Kier molecular flexibility index (Phi) is 8.36. The normalized spacial score (nSPS) is 28.1. The number of rotatable bonds is 8. The van der Waals surface area contributed by atoms with Crippen molar-refractivity contribution in [3.05, 3.63) is 24.0 Å². The molecule has 3 rings (SSSR count). The Morgan fingerprint density at radius 1 is 0.929 bits per heavy atom. The lowest BCUT2D eigenvalue weighted by Gasteiger charge is -2.38. The van der Waals surface area contributed by atoms with Crippen molar-refractivity contribution < 1.29 is 9.53 Å². The Bertz CT molecular complexity index is 581. The maximum absolute atomic E-state index is 11.3. The van der Waals surface area contributed by atoms with Crippen molar-refractivity contribution in [3.63, 3.8) is 0 Å². The second kappa shape index (κ2) is 11.0. The number of aryl methyl sites for hydroxylation is 1. The Balaban J connectivity index is 1.35. The van der Waals surface area contributed by atoms with Crippen LogP contribution < -0.4 is 4.74 Å². The van der Waals surface area contributed by atoms with Crippen LogP contribution in [0.15, 0.2) is 18.3 Å². The minimum Gasteiger partial charge on any atom is -0.425 e. The molecule has 0 bridgehead atoms. The largest absolute Gasteiger partial charge is 0.425 e. The third-order valence-electron chi connectivity index (χ3n) is 7.27. The fourth-order valence-electron chi connectivity index (χ4n) is 5.48. The number of esters is 1. The SMILES string of the molecule is CCC[C@H]1CC[C@H](C2CCC(CCc3ccc(OC(=O)CC)cn3)CC2)CC1. The van der Waals surface area contributed by atoms with Gasteiger partial charge in [-0.2, -0.15) is 0 Å². The molecule has 2 aliphatic carbocycles. The summed E-state index contributed by atoms with van der Waals surface area (Å²) in [4.78, 5) is 15.8. The monoisotopic (exact) mass is 385 g/mol. The van der Waals surface area contributed by atoms with E-state index in [0.717, 1.165) is 35.8 Å². The molecule has 156 valence electrons. The van der Waals surface area contributed by atoms with Gasteiger partial charge in [0.15, 0.2) is 0 Å². The Labute approximate surface area is 171 Å². The van der Waals surface area contributed by atoms with Gasteiger partial charge in [0.1, 0.15) is 5.75 Å². The van der Waals surface area contributed by atoms with Crippen molar-refractivity contribution in [3.8, 4) is 5.75 Å². The van der Waals surface area contributed by atoms with E-state index in [1.807, 2.05) is 12.1 Å². The molecular weight excluding hydrogens is 346 g/mol. The maximum atomic E-state index is 11.3. The molecule has 2 saturated carbocycles. The lowest BCUT2D eigenvalue weighted by Crippen LogP contribution is -2.26. The van der Waals surface area contributed by atoms with E-state index in [0.29, 0.717) is 12.2 Å². The van der Waals surface area contributed by atoms with E-state index in [-0.39, 0.29) is 5.97 Å². The molecule has 2 fully saturated rings. The summed E-state index contributed by atoms with van der Waals surface area (Å²) in [6, 6.07) is 3.89. The number of aromatic nitrogens is 1. The van der Waals surface area contributed by atoms with Gasteiger partial charge >= 0.3 is 5.97 Å². The molecule has 2 aliphatic rings. The molecule has 0 spiro atoms. The van der Waals surface area contributed by atoms with Crippen molar-refractivity contribution in [1.29, 1.82) is 0 Å². The van der Waals surface area contributed by atoms with Crippen LogP contribution >= 0.6 is 0 Å². The molecule has 0 unspecified atom stereocenters. The van der Waals surface area contributed by atoms with Gasteiger partial charge in [-0.25, -0.2) is 0 Å². The smallest absolute Gasteiger partial charge is 0.310 e. The summed E-state index contributed by atoms with van der Waals surface area (Å²) < 4.78 is 5.20. The molecule has 0 saturated heterocycles. The van der Waals surface area contributed by atoms with E-state index in [4.69, 9.17) is 4.74 Å². The highest BCUT2D eigenvalue weighted by molar-refractivity contribution is 5.71. The highest BCUT2D eigenvalue weighted by atomic mass is 16.5. The number of pyridine rings is 1. The number of carbonyl (C=O) groups is 1. The van der Waals surface area contributed by atoms with Crippen molar-refractivity contribution in [2.75, 3.05) is 0 Å². The summed E-state index contributed by atoms with van der Waals surface area (Å²) in [5.74, 6) is 4.28. The van der Waals surface area contributed by atoms with Gasteiger partial charge < -0.3 is 4.74 Å². The molecule has 3 nitrogen and oxygen atoms in total. The molecule has 0 atom stereocenters. The summed E-state index contributed by atoms with van der Waals surface area (Å²) in [5, 5.41) is 0. The summed E-state index contributed by atoms with van der Waals surface area (Å²) in [7, 11) is 0. The summed E-state index contributed by atoms with van der Waals surface area (Å²) in [5.41, 5.74) is 1.12. The van der Waals surface area contributed by atoms with E-state index in [9.17, 15) is 4.79 Å². The highest BCUT2D eigenvalue weighted by Crippen LogP contribution is 2.42. The molecule has 3 heteroatoms. The Morgan fingerprint density at radius 3 is 2.04 bits per heavy atom. The van der Waals surface area contributed by atoms with Crippen LogP contribution in [0.5, 0.6) is 5.75 Å². The number of carbonyl (C=O) groups excluding carboxylic acids is 1. The quantitative estimate of drug-likeness (QED) is 0.465. The van der Waals surface area contributed by atoms with Gasteiger partial charge in [-0.05, 0) is 74.3 Å². The van der Waals surface area contributed by atoms with Crippen LogP contribution in [0.25, 0.3) is 0 Å². The average molecular weight is 386 g/mol. The maximum Gasteiger partial charge on any atom is 0.310 e. The summed E-state index contributed by atoms with van der Waals surface area (Å²) >= 11 is 0. The minimum absolute atomic E-state index is 0.204. The second-order valence-corrected chi connectivity index (χ2v) is 9.20. The molecule has 1 heterocycles. The molecular formula is C25H39NO2. The molecule has 28 heavy (non-hydrogen) atoms. The van der Waals surface area contributed by atoms with Gasteiger partial charge in [0.05, 0.1) is 6.20 Å².